The summed E-state index contributed by atoms with van der Waals surface area (Å²) in [5.41, 5.74) is -0.00244. The van der Waals surface area contributed by atoms with E-state index in [0.717, 1.165) is 25.7 Å². The van der Waals surface area contributed by atoms with Crippen molar-refractivity contribution >= 4 is 22.0 Å². The van der Waals surface area contributed by atoms with E-state index in [4.69, 9.17) is 9.47 Å². The minimum Gasteiger partial charge on any atom is -0.477 e. The number of amides is 1. The monoisotopic (exact) mass is 408 g/mol. The van der Waals surface area contributed by atoms with Crippen LogP contribution in [0.15, 0.2) is 33.6 Å². The summed E-state index contributed by atoms with van der Waals surface area (Å²) in [5.74, 6) is 0.156. The van der Waals surface area contributed by atoms with Gasteiger partial charge in [-0.05, 0) is 65.0 Å². The first-order valence-corrected chi connectivity index (χ1v) is 11.2. The Morgan fingerprint density at radius 1 is 1.25 bits per heavy atom. The van der Waals surface area contributed by atoms with E-state index in [1.807, 2.05) is 25.7 Å². The fourth-order valence-corrected chi connectivity index (χ4v) is 4.68. The lowest BCUT2D eigenvalue weighted by atomic mass is 9.98. The Labute approximate surface area is 166 Å². The molecule has 1 atom stereocenters. The van der Waals surface area contributed by atoms with Gasteiger partial charge < -0.3 is 14.4 Å². The van der Waals surface area contributed by atoms with E-state index in [-0.39, 0.29) is 22.9 Å². The fraction of sp³-hybridized carbons (Fsp3) is 0.600. The molecule has 2 heterocycles. The molecule has 2 aliphatic heterocycles. The predicted octanol–water partition coefficient (Wildman–Crippen LogP) is 3.72. The van der Waals surface area contributed by atoms with Crippen LogP contribution in [0.5, 0.6) is 0 Å². The molecule has 0 aromatic heterocycles. The van der Waals surface area contributed by atoms with Gasteiger partial charge in [0, 0.05) is 12.6 Å². The van der Waals surface area contributed by atoms with Gasteiger partial charge in [0.1, 0.15) is 10.5 Å². The van der Waals surface area contributed by atoms with Gasteiger partial charge in [-0.25, -0.2) is 4.79 Å². The van der Waals surface area contributed by atoms with Gasteiger partial charge in [0.15, 0.2) is 0 Å². The van der Waals surface area contributed by atoms with Crippen LogP contribution < -0.4 is 0 Å². The van der Waals surface area contributed by atoms with Gasteiger partial charge in [0.05, 0.1) is 12.2 Å². The number of hydrogen-bond donors (Lipinski definition) is 0. The van der Waals surface area contributed by atoms with Crippen molar-refractivity contribution in [3.63, 3.8) is 0 Å². The van der Waals surface area contributed by atoms with E-state index in [1.165, 1.54) is 6.07 Å². The van der Waals surface area contributed by atoms with E-state index >= 15 is 0 Å². The molecule has 0 bridgehead atoms. The van der Waals surface area contributed by atoms with Gasteiger partial charge in [-0.3, -0.25) is 0 Å². The van der Waals surface area contributed by atoms with Crippen molar-refractivity contribution < 1.29 is 22.7 Å². The van der Waals surface area contributed by atoms with Crippen LogP contribution in [0.4, 0.5) is 4.79 Å². The first-order chi connectivity index (χ1) is 13.2. The Kier molecular flexibility index (Phi) is 5.98. The highest BCUT2D eigenvalue weighted by atomic mass is 32.2. The zero-order chi connectivity index (χ0) is 20.4. The highest BCUT2D eigenvalue weighted by molar-refractivity contribution is 7.90. The summed E-state index contributed by atoms with van der Waals surface area (Å²) in [7, 11) is -3.66. The van der Waals surface area contributed by atoms with E-state index in [1.54, 1.807) is 18.2 Å². The molecule has 1 saturated heterocycles. The van der Waals surface area contributed by atoms with E-state index in [9.17, 15) is 13.2 Å². The fourth-order valence-electron chi connectivity index (χ4n) is 3.53. The Bertz CT molecular complexity index is 858. The molecule has 0 saturated carbocycles. The number of sulfonamides is 1. The summed E-state index contributed by atoms with van der Waals surface area (Å²) in [6, 6.07) is 6.78. The minimum atomic E-state index is -3.66. The lowest BCUT2D eigenvalue weighted by Crippen LogP contribution is -2.46. The summed E-state index contributed by atoms with van der Waals surface area (Å²) in [5, 5.41) is 0. The van der Waals surface area contributed by atoms with Crippen LogP contribution in [-0.2, 0) is 19.5 Å². The van der Waals surface area contributed by atoms with Crippen LogP contribution in [0.1, 0.15) is 58.4 Å². The molecular weight excluding hydrogens is 380 g/mol. The van der Waals surface area contributed by atoms with E-state index < -0.39 is 15.6 Å². The molecule has 1 unspecified atom stereocenters. The summed E-state index contributed by atoms with van der Waals surface area (Å²) in [6.45, 7) is 6.66. The lowest BCUT2D eigenvalue weighted by Gasteiger charge is -2.36. The maximum Gasteiger partial charge on any atom is 0.410 e. The second kappa shape index (κ2) is 8.11. The second-order valence-electron chi connectivity index (χ2n) is 8.18. The quantitative estimate of drug-likeness (QED) is 0.709. The SMILES string of the molecule is CC(C)(C)OC(=O)N1CCCCC1CCCOC1=NS(=O)(=O)c2ccccc21. The first kappa shape index (κ1) is 20.6. The van der Waals surface area contributed by atoms with Crippen molar-refractivity contribution in [2.24, 2.45) is 4.40 Å². The Hall–Kier alpha value is -2.09. The van der Waals surface area contributed by atoms with E-state index in [0.29, 0.717) is 25.1 Å². The summed E-state index contributed by atoms with van der Waals surface area (Å²) in [4.78, 5) is 14.5. The molecule has 2 aliphatic rings. The number of carbonyl (C=O) groups is 1. The Morgan fingerprint density at radius 3 is 2.75 bits per heavy atom. The van der Waals surface area contributed by atoms with Crippen molar-refractivity contribution in [3.8, 4) is 0 Å². The van der Waals surface area contributed by atoms with Crippen LogP contribution in [0.3, 0.4) is 0 Å². The molecule has 7 nitrogen and oxygen atoms in total. The molecule has 0 radical (unpaired) electrons. The molecule has 1 aromatic rings. The number of ether oxygens (including phenoxy) is 2. The van der Waals surface area contributed by atoms with Gasteiger partial charge in [-0.2, -0.15) is 8.42 Å². The number of hydrogen-bond acceptors (Lipinski definition) is 5. The minimum absolute atomic E-state index is 0.119. The lowest BCUT2D eigenvalue weighted by molar-refractivity contribution is 0.00818. The molecule has 0 aliphatic carbocycles. The molecule has 154 valence electrons. The molecular formula is C20H28N2O5S. The Morgan fingerprint density at radius 2 is 2.00 bits per heavy atom. The zero-order valence-electron chi connectivity index (χ0n) is 16.7. The average molecular weight is 409 g/mol. The van der Waals surface area contributed by atoms with Gasteiger partial charge in [-0.15, -0.1) is 4.40 Å². The Balaban J connectivity index is 1.54. The number of rotatable bonds is 4. The number of carbonyl (C=O) groups excluding carboxylic acids is 1. The molecule has 28 heavy (non-hydrogen) atoms. The average Bonchev–Trinajstić information content (AvgIpc) is 2.88. The summed E-state index contributed by atoms with van der Waals surface area (Å²) in [6.07, 6.45) is 4.22. The summed E-state index contributed by atoms with van der Waals surface area (Å²) >= 11 is 0. The van der Waals surface area contributed by atoms with Gasteiger partial charge in [-0.1, -0.05) is 12.1 Å². The van der Waals surface area contributed by atoms with Crippen LogP contribution in [0.2, 0.25) is 0 Å². The molecule has 0 N–H and O–H groups in total. The van der Waals surface area contributed by atoms with Crippen LogP contribution >= 0.6 is 0 Å². The molecule has 3 rings (SSSR count). The number of piperidine rings is 1. The van der Waals surface area contributed by atoms with Gasteiger partial charge in [0.2, 0.25) is 5.90 Å². The number of benzene rings is 1. The molecule has 1 aromatic carbocycles. The van der Waals surface area contributed by atoms with Crippen molar-refractivity contribution in [2.75, 3.05) is 13.2 Å². The standard InChI is InChI=1S/C20H28N2O5S/c1-20(2,3)27-19(23)22-13-7-6-9-15(22)10-8-14-26-18-16-11-4-5-12-17(16)28(24,25)21-18/h4-5,11-12,15H,6-10,13-14H2,1-3H3. The van der Waals surface area contributed by atoms with Gasteiger partial charge in [0.25, 0.3) is 10.0 Å². The highest BCUT2D eigenvalue weighted by Gasteiger charge is 2.31. The highest BCUT2D eigenvalue weighted by Crippen LogP contribution is 2.27. The van der Waals surface area contributed by atoms with E-state index in [2.05, 4.69) is 4.40 Å². The molecule has 8 heteroatoms. The molecule has 1 fully saturated rings. The third kappa shape index (κ3) is 4.84. The van der Waals surface area contributed by atoms with Crippen LogP contribution in [0.25, 0.3) is 0 Å². The largest absolute Gasteiger partial charge is 0.477 e. The second-order valence-corrected chi connectivity index (χ2v) is 9.75. The van der Waals surface area contributed by atoms with Crippen molar-refractivity contribution in [3.05, 3.63) is 29.8 Å². The first-order valence-electron chi connectivity index (χ1n) is 9.74. The van der Waals surface area contributed by atoms with Crippen molar-refractivity contribution in [1.29, 1.82) is 0 Å². The van der Waals surface area contributed by atoms with Crippen molar-refractivity contribution in [1.82, 2.24) is 4.90 Å². The maximum atomic E-state index is 12.5. The smallest absolute Gasteiger partial charge is 0.410 e. The van der Waals surface area contributed by atoms with Gasteiger partial charge >= 0.3 is 6.09 Å². The topological polar surface area (TPSA) is 85.3 Å². The number of likely N-dealkylation sites (tertiary alicyclic amines) is 1. The molecule has 0 spiro atoms. The normalized spacial score (nSPS) is 21.0. The van der Waals surface area contributed by atoms with Crippen LogP contribution in [-0.4, -0.2) is 50.1 Å². The number of nitrogens with zero attached hydrogens (tertiary/aromatic N) is 2. The predicted molar refractivity (Wildman–Crippen MR) is 106 cm³/mol. The zero-order valence-corrected chi connectivity index (χ0v) is 17.5. The third-order valence-corrected chi connectivity index (χ3v) is 6.09. The molecule has 1 amide bonds. The third-order valence-electron chi connectivity index (χ3n) is 4.77. The summed E-state index contributed by atoms with van der Waals surface area (Å²) < 4.78 is 39.0. The number of fused-ring (bicyclic) bond motifs is 1. The van der Waals surface area contributed by atoms with Crippen LogP contribution in [0, 0.1) is 0 Å². The van der Waals surface area contributed by atoms with Crippen molar-refractivity contribution in [2.45, 2.75) is 69.4 Å². The maximum absolute atomic E-state index is 12.5.